The number of benzene rings is 2. The smallest absolute Gasteiger partial charge is 0.281 e. The molecule has 29 heavy (non-hydrogen) atoms. The van der Waals surface area contributed by atoms with E-state index < -0.39 is 0 Å². The summed E-state index contributed by atoms with van der Waals surface area (Å²) in [5.74, 6) is -0.0697. The normalized spacial score (nSPS) is 11.2. The van der Waals surface area contributed by atoms with Crippen molar-refractivity contribution in [3.63, 3.8) is 0 Å². The maximum Gasteiger partial charge on any atom is 0.281 e. The summed E-state index contributed by atoms with van der Waals surface area (Å²) in [6.45, 7) is 8.38. The molecule has 0 aliphatic heterocycles. The van der Waals surface area contributed by atoms with Gasteiger partial charge in [0.05, 0.1) is 5.39 Å². The highest BCUT2D eigenvalue weighted by Gasteiger charge is 2.18. The highest BCUT2D eigenvalue weighted by Crippen LogP contribution is 2.28. The first kappa shape index (κ1) is 21.0. The van der Waals surface area contributed by atoms with Gasteiger partial charge in [-0.1, -0.05) is 41.7 Å². The highest BCUT2D eigenvalue weighted by atomic mass is 32.1. The maximum absolute atomic E-state index is 12.7. The number of rotatable bonds is 7. The van der Waals surface area contributed by atoms with Crippen molar-refractivity contribution in [1.29, 1.82) is 0 Å². The number of aromatic nitrogens is 1. The van der Waals surface area contributed by atoms with Crippen LogP contribution in [0.2, 0.25) is 0 Å². The van der Waals surface area contributed by atoms with Crippen molar-refractivity contribution in [3.8, 4) is 0 Å². The van der Waals surface area contributed by atoms with E-state index in [-0.39, 0.29) is 23.6 Å². The van der Waals surface area contributed by atoms with Gasteiger partial charge >= 0.3 is 0 Å². The Kier molecular flexibility index (Phi) is 6.64. The van der Waals surface area contributed by atoms with Crippen LogP contribution in [0.4, 0.5) is 10.8 Å². The summed E-state index contributed by atoms with van der Waals surface area (Å²) in [5, 5.41) is 4.16. The third-order valence-corrected chi connectivity index (χ3v) is 5.77. The molecule has 0 aliphatic carbocycles. The summed E-state index contributed by atoms with van der Waals surface area (Å²) >= 11 is 1.50. The van der Waals surface area contributed by atoms with Gasteiger partial charge in [-0.25, -0.2) is 0 Å². The minimum absolute atomic E-state index is 0.0697. The molecule has 1 amide bonds. The van der Waals surface area contributed by atoms with Gasteiger partial charge in [-0.15, -0.1) is 0 Å². The van der Waals surface area contributed by atoms with Gasteiger partial charge in [-0.3, -0.25) is 9.59 Å². The molecule has 0 atom stereocenters. The second-order valence-corrected chi connectivity index (χ2v) is 8.65. The molecule has 0 saturated heterocycles. The van der Waals surface area contributed by atoms with Crippen LogP contribution in [-0.2, 0) is 11.2 Å². The van der Waals surface area contributed by atoms with E-state index in [1.54, 1.807) is 6.07 Å². The summed E-state index contributed by atoms with van der Waals surface area (Å²) < 4.78 is 0.869. The molecule has 0 fully saturated rings. The number of hydrogen-bond donors (Lipinski definition) is 1. The largest absolute Gasteiger partial charge is 0.343 e. The SMILES string of the molecule is CC(C)N(c1nc(=O)c2cc(NC(=O)CCc3ccccc3)ccc2s1)C(C)C. The zero-order chi connectivity index (χ0) is 21.0. The van der Waals surface area contributed by atoms with Crippen LogP contribution in [-0.4, -0.2) is 23.0 Å². The number of carbonyl (C=O) groups is 1. The molecule has 0 unspecified atom stereocenters. The molecule has 1 aromatic heterocycles. The van der Waals surface area contributed by atoms with E-state index in [0.29, 0.717) is 23.9 Å². The summed E-state index contributed by atoms with van der Waals surface area (Å²) in [4.78, 5) is 31.4. The van der Waals surface area contributed by atoms with Crippen LogP contribution in [0.15, 0.2) is 53.3 Å². The zero-order valence-corrected chi connectivity index (χ0v) is 18.1. The predicted octanol–water partition coefficient (Wildman–Crippen LogP) is 4.85. The van der Waals surface area contributed by atoms with Gasteiger partial charge in [0.15, 0.2) is 5.13 Å². The fourth-order valence-corrected chi connectivity index (χ4v) is 4.65. The molecule has 0 aliphatic rings. The Morgan fingerprint density at radius 2 is 1.76 bits per heavy atom. The van der Waals surface area contributed by atoms with Crippen molar-refractivity contribution in [2.24, 2.45) is 0 Å². The summed E-state index contributed by atoms with van der Waals surface area (Å²) in [5.41, 5.74) is 1.49. The number of nitrogens with zero attached hydrogens (tertiary/aromatic N) is 2. The Labute approximate surface area is 175 Å². The average molecular weight is 410 g/mol. The molecule has 1 N–H and O–H groups in total. The molecule has 0 spiro atoms. The molecule has 1 heterocycles. The van der Waals surface area contributed by atoms with Crippen LogP contribution in [0.3, 0.4) is 0 Å². The van der Waals surface area contributed by atoms with Crippen LogP contribution in [0.5, 0.6) is 0 Å². The average Bonchev–Trinajstić information content (AvgIpc) is 2.67. The third-order valence-electron chi connectivity index (χ3n) is 4.71. The fraction of sp³-hybridized carbons (Fsp3) is 0.348. The fourth-order valence-electron chi connectivity index (χ4n) is 3.41. The van der Waals surface area contributed by atoms with Crippen molar-refractivity contribution in [1.82, 2.24) is 4.98 Å². The Balaban J connectivity index is 1.78. The van der Waals surface area contributed by atoms with Gasteiger partial charge in [0.25, 0.3) is 5.56 Å². The van der Waals surface area contributed by atoms with Crippen LogP contribution in [0.25, 0.3) is 10.1 Å². The topological polar surface area (TPSA) is 62.3 Å². The molecule has 3 rings (SSSR count). The Morgan fingerprint density at radius 3 is 2.41 bits per heavy atom. The second-order valence-electron chi connectivity index (χ2n) is 7.64. The molecule has 0 radical (unpaired) electrons. The first-order valence-corrected chi connectivity index (χ1v) is 10.7. The molecule has 152 valence electrons. The van der Waals surface area contributed by atoms with Crippen molar-refractivity contribution in [2.75, 3.05) is 10.2 Å². The summed E-state index contributed by atoms with van der Waals surface area (Å²) in [6.07, 6.45) is 1.07. The lowest BCUT2D eigenvalue weighted by molar-refractivity contribution is -0.116. The van der Waals surface area contributed by atoms with Crippen molar-refractivity contribution < 1.29 is 4.79 Å². The van der Waals surface area contributed by atoms with Gasteiger partial charge < -0.3 is 10.2 Å². The minimum atomic E-state index is -0.263. The van der Waals surface area contributed by atoms with E-state index in [4.69, 9.17) is 0 Å². The quantitative estimate of drug-likeness (QED) is 0.606. The lowest BCUT2D eigenvalue weighted by Gasteiger charge is -2.31. The number of nitrogens with one attached hydrogen (secondary N) is 1. The number of anilines is 2. The van der Waals surface area contributed by atoms with E-state index in [9.17, 15) is 9.59 Å². The van der Waals surface area contributed by atoms with Gasteiger partial charge in [0.1, 0.15) is 0 Å². The first-order chi connectivity index (χ1) is 13.8. The number of aryl methyl sites for hydroxylation is 1. The summed E-state index contributed by atoms with van der Waals surface area (Å²) in [7, 11) is 0. The molecule has 6 heteroatoms. The molecule has 2 aromatic carbocycles. The molecule has 0 bridgehead atoms. The monoisotopic (exact) mass is 409 g/mol. The van der Waals surface area contributed by atoms with Crippen molar-refractivity contribution in [3.05, 3.63) is 64.4 Å². The van der Waals surface area contributed by atoms with Crippen molar-refractivity contribution >= 4 is 38.1 Å². The number of hydrogen-bond acceptors (Lipinski definition) is 5. The Bertz CT molecular complexity index is 1040. The molecule has 0 saturated carbocycles. The van der Waals surface area contributed by atoms with E-state index >= 15 is 0 Å². The van der Waals surface area contributed by atoms with Gasteiger partial charge in [-0.2, -0.15) is 4.98 Å². The van der Waals surface area contributed by atoms with Crippen molar-refractivity contribution in [2.45, 2.75) is 52.6 Å². The van der Waals surface area contributed by atoms with Gasteiger partial charge in [0.2, 0.25) is 5.91 Å². The second kappa shape index (κ2) is 9.18. The molecule has 5 nitrogen and oxygen atoms in total. The predicted molar refractivity (Wildman–Crippen MR) is 122 cm³/mol. The zero-order valence-electron chi connectivity index (χ0n) is 17.3. The van der Waals surface area contributed by atoms with Crippen LogP contribution >= 0.6 is 11.3 Å². The van der Waals surface area contributed by atoms with E-state index in [1.165, 1.54) is 11.3 Å². The highest BCUT2D eigenvalue weighted by molar-refractivity contribution is 7.21. The van der Waals surface area contributed by atoms with E-state index in [2.05, 4.69) is 42.9 Å². The van der Waals surface area contributed by atoms with Gasteiger partial charge in [0, 0.05) is 28.9 Å². The number of amides is 1. The number of fused-ring (bicyclic) bond motifs is 1. The molecular weight excluding hydrogens is 382 g/mol. The third kappa shape index (κ3) is 5.21. The summed E-state index contributed by atoms with van der Waals surface area (Å²) in [6, 6.07) is 15.9. The molecular formula is C23H27N3O2S. The van der Waals surface area contributed by atoms with E-state index in [0.717, 1.165) is 15.4 Å². The Morgan fingerprint density at radius 1 is 1.07 bits per heavy atom. The molecule has 3 aromatic rings. The van der Waals surface area contributed by atoms with Crippen LogP contribution < -0.4 is 15.8 Å². The lowest BCUT2D eigenvalue weighted by Crippen LogP contribution is -2.38. The minimum Gasteiger partial charge on any atom is -0.343 e. The number of carbonyl (C=O) groups excluding carboxylic acids is 1. The van der Waals surface area contributed by atoms with Crippen LogP contribution in [0, 0.1) is 0 Å². The first-order valence-electron chi connectivity index (χ1n) is 9.92. The van der Waals surface area contributed by atoms with Crippen LogP contribution in [0.1, 0.15) is 39.7 Å². The standard InChI is InChI=1S/C23H27N3O2S/c1-15(2)26(16(3)4)23-25-22(28)19-14-18(11-12-20(19)29-23)24-21(27)13-10-17-8-6-5-7-9-17/h5-9,11-12,14-16H,10,13H2,1-4H3,(H,24,27). The van der Waals surface area contributed by atoms with E-state index in [1.807, 2.05) is 42.5 Å². The Hall–Kier alpha value is -2.73. The lowest BCUT2D eigenvalue weighted by atomic mass is 10.1. The van der Waals surface area contributed by atoms with Gasteiger partial charge in [-0.05, 0) is 57.9 Å². The maximum atomic E-state index is 12.7.